The molecule has 0 aromatic heterocycles. The van der Waals surface area contributed by atoms with E-state index in [0.29, 0.717) is 6.54 Å². The number of hydrogen-bond donors (Lipinski definition) is 0. The van der Waals surface area contributed by atoms with Crippen molar-refractivity contribution in [2.45, 2.75) is 86.2 Å². The van der Waals surface area contributed by atoms with E-state index in [1.54, 1.807) is 0 Å². The standard InChI is InChI=1S/C9H13.C8H18N.C2H7Si.Ti/c1-6-5-7(2)9(4)8(6)3;1-2-3-4-5-6-7-8-9;1-3-2;/h5H,1-4H3;9H,2-8H2,1H3;3H,1-2H3;/q2*-1;;+2. The van der Waals surface area contributed by atoms with E-state index >= 15 is 0 Å². The number of rotatable bonds is 6. The van der Waals surface area contributed by atoms with Gasteiger partial charge in [-0.15, -0.1) is 0 Å². The van der Waals surface area contributed by atoms with Crippen LogP contribution in [-0.4, -0.2) is 16.1 Å². The van der Waals surface area contributed by atoms with Crippen molar-refractivity contribution < 1.29 is 21.7 Å². The Bertz CT molecular complexity index is 306. The van der Waals surface area contributed by atoms with Crippen molar-refractivity contribution in [2.24, 2.45) is 0 Å². The van der Waals surface area contributed by atoms with Gasteiger partial charge in [0.05, 0.1) is 0 Å². The van der Waals surface area contributed by atoms with Crippen molar-refractivity contribution in [2.75, 3.05) is 6.54 Å². The van der Waals surface area contributed by atoms with Gasteiger partial charge in [0.2, 0.25) is 0 Å². The van der Waals surface area contributed by atoms with Crippen molar-refractivity contribution >= 4 is 9.52 Å². The van der Waals surface area contributed by atoms with Gasteiger partial charge in [0.25, 0.3) is 0 Å². The fraction of sp³-hybridized carbons (Fsp3) is 0.737. The molecule has 0 aliphatic carbocycles. The quantitative estimate of drug-likeness (QED) is 0.313. The minimum Gasteiger partial charge on any atom is -0.677 e. The van der Waals surface area contributed by atoms with Crippen molar-refractivity contribution in [1.29, 1.82) is 0 Å². The van der Waals surface area contributed by atoms with Gasteiger partial charge in [0.1, 0.15) is 0 Å². The summed E-state index contributed by atoms with van der Waals surface area (Å²) >= 11 is 0. The molecule has 1 radical (unpaired) electrons. The fourth-order valence-electron chi connectivity index (χ4n) is 2.04. The van der Waals surface area contributed by atoms with E-state index in [-0.39, 0.29) is 21.7 Å². The zero-order valence-corrected chi connectivity index (χ0v) is 18.8. The molecule has 0 spiro atoms. The number of aryl methyl sites for hydroxylation is 2. The minimum atomic E-state index is 0. The SMILES string of the molecule is CCCCCCCC[NH-].C[SiH]C.Cc1c[c-](C)c(C)c1C.[Ti+2]. The second kappa shape index (κ2) is 19.3. The Kier molecular flexibility index (Phi) is 23.8. The van der Waals surface area contributed by atoms with Crippen LogP contribution in [0.3, 0.4) is 0 Å². The largest absolute Gasteiger partial charge is 2.00 e. The molecule has 3 heteroatoms. The molecule has 1 nitrogen and oxygen atoms in total. The molecule has 127 valence electrons. The molecule has 0 unspecified atom stereocenters. The Morgan fingerprint density at radius 3 is 1.73 bits per heavy atom. The third-order valence-corrected chi connectivity index (χ3v) is 3.71. The van der Waals surface area contributed by atoms with Crippen LogP contribution in [0.4, 0.5) is 0 Å². The summed E-state index contributed by atoms with van der Waals surface area (Å²) in [4.78, 5) is 0. The second-order valence-corrected chi connectivity index (χ2v) is 7.01. The van der Waals surface area contributed by atoms with Gasteiger partial charge in [0, 0.05) is 9.52 Å². The summed E-state index contributed by atoms with van der Waals surface area (Å²) in [6.45, 7) is 15.9. The van der Waals surface area contributed by atoms with Gasteiger partial charge >= 0.3 is 21.7 Å². The van der Waals surface area contributed by atoms with Gasteiger partial charge < -0.3 is 5.73 Å². The molecule has 0 saturated carbocycles. The first-order valence-electron chi connectivity index (χ1n) is 8.54. The third-order valence-electron chi connectivity index (χ3n) is 3.71. The molecule has 0 aliphatic rings. The van der Waals surface area contributed by atoms with Crippen LogP contribution in [0.15, 0.2) is 6.07 Å². The molecule has 1 N–H and O–H groups in total. The molecule has 1 rings (SSSR count). The van der Waals surface area contributed by atoms with Gasteiger partial charge in [-0.3, -0.25) is 0 Å². The van der Waals surface area contributed by atoms with Crippen molar-refractivity contribution in [3.63, 3.8) is 0 Å². The Morgan fingerprint density at radius 2 is 1.45 bits per heavy atom. The number of unbranched alkanes of at least 4 members (excludes halogenated alkanes) is 5. The van der Waals surface area contributed by atoms with E-state index in [2.05, 4.69) is 53.8 Å². The summed E-state index contributed by atoms with van der Waals surface area (Å²) < 4.78 is 0. The van der Waals surface area contributed by atoms with Crippen LogP contribution >= 0.6 is 0 Å². The smallest absolute Gasteiger partial charge is 0.677 e. The van der Waals surface area contributed by atoms with E-state index in [9.17, 15) is 0 Å². The molecule has 0 saturated heterocycles. The predicted molar refractivity (Wildman–Crippen MR) is 102 cm³/mol. The Hall–Kier alpha value is 0.241. The van der Waals surface area contributed by atoms with Crippen LogP contribution < -0.4 is 0 Å². The molecular formula is C19H38NSiTi. The average molecular weight is 356 g/mol. The van der Waals surface area contributed by atoms with Crippen molar-refractivity contribution in [3.8, 4) is 0 Å². The average Bonchev–Trinajstić information content (AvgIpc) is 2.67. The topological polar surface area (TPSA) is 23.8 Å². The van der Waals surface area contributed by atoms with E-state index in [1.165, 1.54) is 54.4 Å². The molecule has 0 fully saturated rings. The maximum Gasteiger partial charge on any atom is 2.00 e. The van der Waals surface area contributed by atoms with E-state index < -0.39 is 0 Å². The first-order valence-corrected chi connectivity index (χ1v) is 10.9. The summed E-state index contributed by atoms with van der Waals surface area (Å²) in [5.41, 5.74) is 12.6. The maximum absolute atomic E-state index is 6.88. The molecule has 0 amide bonds. The number of nitrogens with one attached hydrogen (secondary N) is 1. The minimum absolute atomic E-state index is 0. The van der Waals surface area contributed by atoms with Crippen LogP contribution in [0.25, 0.3) is 5.73 Å². The molecule has 0 atom stereocenters. The molecule has 22 heavy (non-hydrogen) atoms. The molecule has 0 heterocycles. The van der Waals surface area contributed by atoms with Gasteiger partial charge in [-0.25, -0.2) is 0 Å². The van der Waals surface area contributed by atoms with Crippen LogP contribution in [0.1, 0.15) is 67.7 Å². The Balaban J connectivity index is -0.000000268. The fourth-order valence-corrected chi connectivity index (χ4v) is 2.04. The molecule has 0 bridgehead atoms. The molecule has 1 aromatic carbocycles. The van der Waals surface area contributed by atoms with Gasteiger partial charge in [0.15, 0.2) is 0 Å². The monoisotopic (exact) mass is 356 g/mol. The van der Waals surface area contributed by atoms with Gasteiger partial charge in [-0.2, -0.15) is 34.9 Å². The van der Waals surface area contributed by atoms with Crippen molar-refractivity contribution in [3.05, 3.63) is 34.1 Å². The van der Waals surface area contributed by atoms with Gasteiger partial charge in [-0.1, -0.05) is 86.2 Å². The van der Waals surface area contributed by atoms with Crippen LogP contribution in [0.5, 0.6) is 0 Å². The molecule has 1 aromatic rings. The third kappa shape index (κ3) is 15.1. The summed E-state index contributed by atoms with van der Waals surface area (Å²) in [5, 5.41) is 0. The zero-order valence-electron chi connectivity index (χ0n) is 16.1. The Labute approximate surface area is 157 Å². The van der Waals surface area contributed by atoms with E-state index in [0.717, 1.165) is 15.9 Å². The zero-order chi connectivity index (χ0) is 16.7. The van der Waals surface area contributed by atoms with Crippen molar-refractivity contribution in [1.82, 2.24) is 0 Å². The van der Waals surface area contributed by atoms with E-state index in [1.807, 2.05) is 0 Å². The molecule has 0 aliphatic heterocycles. The van der Waals surface area contributed by atoms with Crippen LogP contribution in [-0.2, 0) is 21.7 Å². The van der Waals surface area contributed by atoms with Crippen LogP contribution in [0, 0.1) is 27.7 Å². The van der Waals surface area contributed by atoms with E-state index in [4.69, 9.17) is 5.73 Å². The summed E-state index contributed by atoms with van der Waals surface area (Å²) in [5.74, 6) is 0. The predicted octanol–water partition coefficient (Wildman–Crippen LogP) is 6.55. The number of hydrogen-bond acceptors (Lipinski definition) is 0. The summed E-state index contributed by atoms with van der Waals surface area (Å²) in [6, 6.07) is 2.24. The summed E-state index contributed by atoms with van der Waals surface area (Å²) in [7, 11) is 0.750. The van der Waals surface area contributed by atoms with Gasteiger partial charge in [-0.05, 0) is 0 Å². The normalized spacial score (nSPS) is 9.09. The first kappa shape index (κ1) is 27.1. The maximum atomic E-state index is 6.88. The summed E-state index contributed by atoms with van der Waals surface area (Å²) in [6.07, 6.45) is 7.77. The first-order chi connectivity index (χ1) is 9.95. The van der Waals surface area contributed by atoms with Crippen LogP contribution in [0.2, 0.25) is 13.1 Å². The molecular weight excluding hydrogens is 318 g/mol. The second-order valence-electron chi connectivity index (χ2n) is 5.86. The Morgan fingerprint density at radius 1 is 1.00 bits per heavy atom.